The van der Waals surface area contributed by atoms with Crippen LogP contribution in [0.2, 0.25) is 0 Å². The second-order valence-corrected chi connectivity index (χ2v) is 24.9. The predicted octanol–water partition coefficient (Wildman–Crippen LogP) is 19.4. The first-order chi connectivity index (χ1) is 33.6. The molecule has 0 radical (unpaired) electrons. The van der Waals surface area contributed by atoms with Gasteiger partial charge in [0.05, 0.1) is 0 Å². The Labute approximate surface area is 434 Å². The maximum Gasteiger partial charge on any atom is 0.124 e. The van der Waals surface area contributed by atoms with E-state index in [0.717, 1.165) is 36.8 Å². The van der Waals surface area contributed by atoms with Crippen molar-refractivity contribution in [2.24, 2.45) is 15.4 Å². The molecule has 69 heavy (non-hydrogen) atoms. The van der Waals surface area contributed by atoms with Crippen LogP contribution in [0, 0.1) is 5.41 Å². The highest BCUT2D eigenvalue weighted by atomic mass is 32.1. The second-order valence-electron chi connectivity index (χ2n) is 18.8. The summed E-state index contributed by atoms with van der Waals surface area (Å²) in [6.45, 7) is 14.5. The molecular weight excluding hydrogens is 961 g/mol. The number of unbranched alkanes of at least 4 members (excludes halogenated alkanes) is 4. The van der Waals surface area contributed by atoms with Gasteiger partial charge in [0, 0.05) is 90.8 Å². The molecule has 0 bridgehead atoms. The second kappa shape index (κ2) is 24.1. The molecule has 4 nitrogen and oxygen atoms in total. The lowest BCUT2D eigenvalue weighted by Gasteiger charge is -2.19. The highest BCUT2D eigenvalue weighted by Crippen LogP contribution is 2.50. The number of thiophene rings is 6. The predicted molar refractivity (Wildman–Crippen MR) is 309 cm³/mol. The number of hydrogen-bond acceptors (Lipinski definition) is 10. The lowest BCUT2D eigenvalue weighted by atomic mass is 9.94. The van der Waals surface area contributed by atoms with E-state index >= 15 is 0 Å². The monoisotopic (exact) mass is 1030 g/mol. The number of aromatic hydroxyl groups is 2. The first-order valence-corrected chi connectivity index (χ1v) is 29.9. The maximum atomic E-state index is 11.0. The standard InChI is InChI=1S/C59H66N2O2S6/c1-7-11-17-43-45(19-13-9-3)57(68-55(43)51-21-15-31-64-51)53-29-27-49(66-53)39-23-25-47(62)41(33-39)35-60-37-59(5,6)38-61-36-42-34-40(24-26-48(42)63)50-28-30-54(67-50)58-46(20-14-10-4)44(18-12-8-2)56(69-58)52-22-16-32-65-52/h15-16,21-36,62-63H,7-14,17-20,37-38H2,1-6H3. The Morgan fingerprint density at radius 3 is 1.16 bits per heavy atom. The van der Waals surface area contributed by atoms with Gasteiger partial charge in [0.15, 0.2) is 0 Å². The minimum Gasteiger partial charge on any atom is -0.507 e. The van der Waals surface area contributed by atoms with Crippen molar-refractivity contribution < 1.29 is 10.2 Å². The van der Waals surface area contributed by atoms with Gasteiger partial charge in [0.1, 0.15) is 11.5 Å². The van der Waals surface area contributed by atoms with Gasteiger partial charge in [-0.1, -0.05) is 79.4 Å². The van der Waals surface area contributed by atoms with Gasteiger partial charge in [-0.3, -0.25) is 9.98 Å². The Morgan fingerprint density at radius 1 is 0.449 bits per heavy atom. The zero-order valence-electron chi connectivity index (χ0n) is 41.0. The topological polar surface area (TPSA) is 65.2 Å². The van der Waals surface area contributed by atoms with Gasteiger partial charge in [0.2, 0.25) is 0 Å². The minimum atomic E-state index is -0.249. The summed E-state index contributed by atoms with van der Waals surface area (Å²) in [4.78, 5) is 23.2. The third-order valence-corrected chi connectivity index (χ3v) is 19.9. The molecule has 8 aromatic rings. The fraction of sp³-hybridized carbons (Fsp3) is 0.356. The van der Waals surface area contributed by atoms with Crippen LogP contribution in [0.3, 0.4) is 0 Å². The quantitative estimate of drug-likeness (QED) is 0.0592. The number of aliphatic imine (C=N–C) groups is 2. The fourth-order valence-corrected chi connectivity index (χ4v) is 15.6. The molecule has 0 amide bonds. The van der Waals surface area contributed by atoms with Crippen LogP contribution in [0.25, 0.3) is 59.9 Å². The Bertz CT molecular complexity index is 2760. The van der Waals surface area contributed by atoms with Crippen LogP contribution in [0.15, 0.2) is 106 Å². The van der Waals surface area contributed by atoms with Crippen LogP contribution >= 0.6 is 68.0 Å². The van der Waals surface area contributed by atoms with Crippen molar-refractivity contribution in [3.05, 3.63) is 129 Å². The summed E-state index contributed by atoms with van der Waals surface area (Å²) in [5.41, 5.74) is 9.52. The number of rotatable bonds is 24. The van der Waals surface area contributed by atoms with Gasteiger partial charge >= 0.3 is 0 Å². The Hall–Kier alpha value is -4.42. The van der Waals surface area contributed by atoms with Crippen LogP contribution in [0.1, 0.15) is 126 Å². The lowest BCUT2D eigenvalue weighted by molar-refractivity contribution is 0.396. The van der Waals surface area contributed by atoms with Gasteiger partial charge in [-0.2, -0.15) is 0 Å². The summed E-state index contributed by atoms with van der Waals surface area (Å²) in [6, 6.07) is 29.7. The zero-order valence-corrected chi connectivity index (χ0v) is 45.9. The third kappa shape index (κ3) is 12.4. The molecule has 2 N–H and O–H groups in total. The Balaban J connectivity index is 0.949. The largest absolute Gasteiger partial charge is 0.507 e. The van der Waals surface area contributed by atoms with Crippen molar-refractivity contribution in [1.29, 1.82) is 0 Å². The zero-order chi connectivity index (χ0) is 48.3. The summed E-state index contributed by atoms with van der Waals surface area (Å²) in [7, 11) is 0. The Morgan fingerprint density at radius 2 is 0.812 bits per heavy atom. The molecule has 0 spiro atoms. The molecule has 6 heterocycles. The van der Waals surface area contributed by atoms with Crippen LogP contribution in [-0.2, 0) is 25.7 Å². The highest BCUT2D eigenvalue weighted by molar-refractivity contribution is 7.28. The van der Waals surface area contributed by atoms with Crippen molar-refractivity contribution in [2.75, 3.05) is 13.1 Å². The average molecular weight is 1030 g/mol. The van der Waals surface area contributed by atoms with E-state index in [1.165, 1.54) is 100 Å². The van der Waals surface area contributed by atoms with Crippen LogP contribution in [0.4, 0.5) is 0 Å². The number of benzene rings is 2. The van der Waals surface area contributed by atoms with Crippen molar-refractivity contribution in [2.45, 2.75) is 119 Å². The molecule has 0 fully saturated rings. The van der Waals surface area contributed by atoms with Crippen molar-refractivity contribution in [1.82, 2.24) is 0 Å². The van der Waals surface area contributed by atoms with Gasteiger partial charge in [-0.25, -0.2) is 0 Å². The minimum absolute atomic E-state index is 0.219. The molecule has 0 aliphatic heterocycles. The van der Waals surface area contributed by atoms with Crippen LogP contribution < -0.4 is 0 Å². The van der Waals surface area contributed by atoms with E-state index in [1.807, 2.05) is 80.2 Å². The van der Waals surface area contributed by atoms with E-state index in [-0.39, 0.29) is 16.9 Å². The van der Waals surface area contributed by atoms with Gasteiger partial charge in [-0.05, 0) is 168 Å². The van der Waals surface area contributed by atoms with Gasteiger partial charge in [0.25, 0.3) is 0 Å². The first-order valence-electron chi connectivity index (χ1n) is 24.8. The molecule has 2 aromatic carbocycles. The molecule has 0 aliphatic rings. The average Bonchev–Trinajstić information content (AvgIpc) is 4.21. The normalized spacial score (nSPS) is 12.1. The molecule has 0 atom stereocenters. The first kappa shape index (κ1) is 51.0. The SMILES string of the molecule is CCCCc1c(-c2cccs2)sc(-c2ccc(-c3ccc(O)c(C=NCC(C)(C)CN=Cc4cc(-c5ccc(-c6sc(-c7cccs7)c(CCCC)c6CCCC)s5)ccc4O)c3)s2)c1CCCC. The number of phenolic OH excluding ortho intramolecular Hbond substituents is 2. The summed E-state index contributed by atoms with van der Waals surface area (Å²) < 4.78 is 0. The molecule has 0 aliphatic carbocycles. The van der Waals surface area contributed by atoms with E-state index in [9.17, 15) is 10.2 Å². The van der Waals surface area contributed by atoms with E-state index in [4.69, 9.17) is 9.98 Å². The van der Waals surface area contributed by atoms with Crippen LogP contribution in [-0.4, -0.2) is 35.7 Å². The fourth-order valence-electron chi connectivity index (χ4n) is 8.77. The molecule has 0 unspecified atom stereocenters. The van der Waals surface area contributed by atoms with Gasteiger partial charge < -0.3 is 10.2 Å². The molecule has 8 rings (SSSR count). The summed E-state index contributed by atoms with van der Waals surface area (Å²) >= 11 is 11.3. The number of hydrogen-bond donors (Lipinski definition) is 2. The van der Waals surface area contributed by atoms with E-state index in [1.54, 1.807) is 46.8 Å². The molecule has 10 heteroatoms. The van der Waals surface area contributed by atoms with Crippen LogP contribution in [0.5, 0.6) is 11.5 Å². The molecule has 0 saturated carbocycles. The summed E-state index contributed by atoms with van der Waals surface area (Å²) in [5.74, 6) is 0.438. The summed E-state index contributed by atoms with van der Waals surface area (Å²) in [6.07, 6.45) is 17.6. The van der Waals surface area contributed by atoms with Crippen molar-refractivity contribution in [3.8, 4) is 71.4 Å². The van der Waals surface area contributed by atoms with E-state index < -0.39 is 0 Å². The maximum absolute atomic E-state index is 11.0. The molecule has 0 saturated heterocycles. The Kier molecular flexibility index (Phi) is 17.8. The van der Waals surface area contributed by atoms with Crippen molar-refractivity contribution >= 4 is 80.4 Å². The highest BCUT2D eigenvalue weighted by Gasteiger charge is 2.24. The molecule has 6 aromatic heterocycles. The number of phenols is 2. The molecule has 360 valence electrons. The van der Waals surface area contributed by atoms with Crippen molar-refractivity contribution in [3.63, 3.8) is 0 Å². The lowest BCUT2D eigenvalue weighted by Crippen LogP contribution is -2.19. The summed E-state index contributed by atoms with van der Waals surface area (Å²) in [5, 5.41) is 26.3. The van der Waals surface area contributed by atoms with E-state index in [0.29, 0.717) is 24.2 Å². The van der Waals surface area contributed by atoms with Gasteiger partial charge in [-0.15, -0.1) is 68.0 Å². The molecular formula is C59H66N2O2S6. The third-order valence-electron chi connectivity index (χ3n) is 12.6. The van der Waals surface area contributed by atoms with E-state index in [2.05, 4.69) is 113 Å². The number of nitrogens with zero attached hydrogens (tertiary/aromatic N) is 2. The smallest absolute Gasteiger partial charge is 0.124 e.